The first kappa shape index (κ1) is 23.2. The van der Waals surface area contributed by atoms with Gasteiger partial charge in [0.1, 0.15) is 11.9 Å². The zero-order chi connectivity index (χ0) is 23.9. The third-order valence-corrected chi connectivity index (χ3v) is 6.18. The van der Waals surface area contributed by atoms with Crippen molar-refractivity contribution in [3.8, 4) is 16.9 Å². The summed E-state index contributed by atoms with van der Waals surface area (Å²) >= 11 is 12.3. The third kappa shape index (κ3) is 4.71. The maximum Gasteiger partial charge on any atom is 0.229 e. The number of nitrogens with zero attached hydrogens (tertiary/aromatic N) is 1. The van der Waals surface area contributed by atoms with Gasteiger partial charge in [0, 0.05) is 28.0 Å². The molecular weight excluding hydrogens is 492 g/mol. The first-order valence-corrected chi connectivity index (χ1v) is 12.2. The molecule has 0 saturated heterocycles. The van der Waals surface area contributed by atoms with Gasteiger partial charge < -0.3 is 14.9 Å². The number of hydrogen-bond donors (Lipinski definition) is 2. The van der Waals surface area contributed by atoms with Crippen LogP contribution >= 0.6 is 23.2 Å². The molecule has 2 heterocycles. The van der Waals surface area contributed by atoms with Crippen molar-refractivity contribution in [3.63, 3.8) is 0 Å². The molecule has 0 radical (unpaired) electrons. The molecule has 0 spiro atoms. The molecule has 0 aliphatic heterocycles. The van der Waals surface area contributed by atoms with Crippen molar-refractivity contribution in [3.05, 3.63) is 70.3 Å². The lowest BCUT2D eigenvalue weighted by molar-refractivity contribution is 0.227. The summed E-state index contributed by atoms with van der Waals surface area (Å²) in [6.07, 6.45) is 3.32. The summed E-state index contributed by atoms with van der Waals surface area (Å²) < 4.78 is 51.3. The fourth-order valence-electron chi connectivity index (χ4n) is 3.43. The molecule has 172 valence electrons. The van der Waals surface area contributed by atoms with Gasteiger partial charge in [0.05, 0.1) is 22.9 Å². The normalized spacial score (nSPS) is 12.6. The number of anilines is 2. The van der Waals surface area contributed by atoms with E-state index in [4.69, 9.17) is 38.1 Å². The van der Waals surface area contributed by atoms with E-state index in [9.17, 15) is 12.8 Å². The number of sulfonamides is 1. The van der Waals surface area contributed by atoms with Crippen LogP contribution in [0.25, 0.3) is 22.1 Å². The van der Waals surface area contributed by atoms with Crippen LogP contribution in [0.4, 0.5) is 15.9 Å². The van der Waals surface area contributed by atoms with Gasteiger partial charge in [0.2, 0.25) is 15.8 Å². The van der Waals surface area contributed by atoms with Gasteiger partial charge in [-0.05, 0) is 36.8 Å². The van der Waals surface area contributed by atoms with E-state index in [0.717, 1.165) is 6.26 Å². The van der Waals surface area contributed by atoms with Crippen molar-refractivity contribution >= 4 is 55.7 Å². The van der Waals surface area contributed by atoms with Crippen molar-refractivity contribution in [1.82, 2.24) is 4.98 Å². The molecule has 11 heteroatoms. The molecule has 3 N–H and O–H groups in total. The highest BCUT2D eigenvalue weighted by Crippen LogP contribution is 2.41. The van der Waals surface area contributed by atoms with Crippen LogP contribution in [0.2, 0.25) is 10.0 Å². The second kappa shape index (κ2) is 8.74. The molecule has 0 aliphatic carbocycles. The summed E-state index contributed by atoms with van der Waals surface area (Å²) in [4.78, 5) is 4.20. The highest BCUT2D eigenvalue weighted by atomic mass is 35.5. The largest absolute Gasteiger partial charge is 0.478 e. The Hall–Kier alpha value is -3.01. The maximum atomic E-state index is 14.0. The van der Waals surface area contributed by atoms with Gasteiger partial charge in [-0.1, -0.05) is 35.3 Å². The molecule has 0 bridgehead atoms. The third-order valence-electron chi connectivity index (χ3n) is 4.86. The van der Waals surface area contributed by atoms with E-state index in [1.54, 1.807) is 31.2 Å². The number of nitrogen functional groups attached to an aromatic ring is 1. The maximum absolute atomic E-state index is 14.0. The quantitative estimate of drug-likeness (QED) is 0.307. The van der Waals surface area contributed by atoms with Crippen LogP contribution < -0.4 is 15.2 Å². The van der Waals surface area contributed by atoms with Crippen molar-refractivity contribution in [2.45, 2.75) is 13.0 Å². The fraction of sp³-hybridized carbons (Fsp3) is 0.136. The van der Waals surface area contributed by atoms with Gasteiger partial charge >= 0.3 is 0 Å². The minimum absolute atomic E-state index is 0.0615. The topological polar surface area (TPSA) is 107 Å². The minimum Gasteiger partial charge on any atom is -0.478 e. The minimum atomic E-state index is -3.44. The lowest BCUT2D eigenvalue weighted by atomic mass is 10.1. The van der Waals surface area contributed by atoms with Crippen LogP contribution in [0.5, 0.6) is 5.75 Å². The number of rotatable bonds is 6. The summed E-state index contributed by atoms with van der Waals surface area (Å²) in [5, 5.41) is 0.673. The van der Waals surface area contributed by atoms with E-state index >= 15 is 0 Å². The molecular formula is C22H18Cl2FN3O4S. The molecule has 0 aliphatic rings. The predicted octanol–water partition coefficient (Wildman–Crippen LogP) is 6.03. The Labute approximate surface area is 199 Å². The Morgan fingerprint density at radius 1 is 1.24 bits per heavy atom. The number of furan rings is 1. The average molecular weight is 510 g/mol. The van der Waals surface area contributed by atoms with Crippen LogP contribution in [-0.2, 0) is 10.0 Å². The van der Waals surface area contributed by atoms with E-state index in [0.29, 0.717) is 27.8 Å². The molecule has 7 nitrogen and oxygen atoms in total. The van der Waals surface area contributed by atoms with Crippen molar-refractivity contribution in [2.75, 3.05) is 16.7 Å². The second-order valence-corrected chi connectivity index (χ2v) is 9.87. The SMILES string of the molecule is C[C@@H](Oc1c(N)ncc2c(-c3cccc(NS(C)(=O)=O)c3)coc12)c1c(Cl)ccc(F)c1Cl. The molecule has 4 rings (SSSR count). The van der Waals surface area contributed by atoms with Crippen LogP contribution in [0.3, 0.4) is 0 Å². The standard InChI is InChI=1S/C22H18Cl2FN3O4S/c1-11(18-16(23)6-7-17(25)19(18)24)32-21-20-14(9-27-22(21)26)15(10-31-20)12-4-3-5-13(8-12)28-33(2,29)30/h3-11,28H,1-2H3,(H2,26,27)/t11-/m1/s1. The van der Waals surface area contributed by atoms with Gasteiger partial charge in [-0.2, -0.15) is 0 Å². The number of hydrogen-bond acceptors (Lipinski definition) is 6. The van der Waals surface area contributed by atoms with Gasteiger partial charge in [-0.3, -0.25) is 4.72 Å². The van der Waals surface area contributed by atoms with Crippen molar-refractivity contribution in [1.29, 1.82) is 0 Å². The molecule has 2 aromatic carbocycles. The van der Waals surface area contributed by atoms with E-state index < -0.39 is 21.9 Å². The van der Waals surface area contributed by atoms with E-state index in [1.165, 1.54) is 24.6 Å². The molecule has 0 fully saturated rings. The number of fused-ring (bicyclic) bond motifs is 1. The zero-order valence-corrected chi connectivity index (χ0v) is 19.7. The monoisotopic (exact) mass is 509 g/mol. The first-order valence-electron chi connectivity index (χ1n) is 9.59. The lowest BCUT2D eigenvalue weighted by Gasteiger charge is -2.18. The van der Waals surface area contributed by atoms with E-state index in [2.05, 4.69) is 9.71 Å². The van der Waals surface area contributed by atoms with Gasteiger partial charge in [0.15, 0.2) is 11.4 Å². The van der Waals surface area contributed by atoms with Crippen molar-refractivity contribution in [2.24, 2.45) is 0 Å². The number of nitrogens with two attached hydrogens (primary N) is 1. The lowest BCUT2D eigenvalue weighted by Crippen LogP contribution is -2.09. The Kier molecular flexibility index (Phi) is 6.13. The number of pyridine rings is 1. The van der Waals surface area contributed by atoms with Crippen LogP contribution in [0.1, 0.15) is 18.6 Å². The Balaban J connectivity index is 1.75. The molecule has 33 heavy (non-hydrogen) atoms. The van der Waals surface area contributed by atoms with Crippen molar-refractivity contribution < 1.29 is 22.0 Å². The van der Waals surface area contributed by atoms with Gasteiger partial charge in [-0.15, -0.1) is 0 Å². The molecule has 0 amide bonds. The summed E-state index contributed by atoms with van der Waals surface area (Å²) in [6.45, 7) is 1.65. The van der Waals surface area contributed by atoms with Crippen LogP contribution in [0.15, 0.2) is 53.3 Å². The van der Waals surface area contributed by atoms with Gasteiger partial charge in [-0.25, -0.2) is 17.8 Å². The summed E-state index contributed by atoms with van der Waals surface area (Å²) in [7, 11) is -3.44. The summed E-state index contributed by atoms with van der Waals surface area (Å²) in [5.74, 6) is -0.418. The van der Waals surface area contributed by atoms with Crippen LogP contribution in [-0.4, -0.2) is 19.7 Å². The number of halogens is 3. The predicted molar refractivity (Wildman–Crippen MR) is 128 cm³/mol. The van der Waals surface area contributed by atoms with E-state index in [1.807, 2.05) is 0 Å². The number of benzene rings is 2. The molecule has 4 aromatic rings. The van der Waals surface area contributed by atoms with Crippen LogP contribution in [0, 0.1) is 5.82 Å². The smallest absolute Gasteiger partial charge is 0.229 e. The first-order chi connectivity index (χ1) is 15.5. The molecule has 1 atom stereocenters. The fourth-order valence-corrected chi connectivity index (χ4v) is 4.67. The van der Waals surface area contributed by atoms with E-state index in [-0.39, 0.29) is 27.2 Å². The highest BCUT2D eigenvalue weighted by molar-refractivity contribution is 7.92. The molecule has 2 aromatic heterocycles. The number of nitrogens with one attached hydrogen (secondary N) is 1. The average Bonchev–Trinajstić information content (AvgIpc) is 3.16. The Morgan fingerprint density at radius 3 is 2.73 bits per heavy atom. The second-order valence-electron chi connectivity index (χ2n) is 7.34. The zero-order valence-electron chi connectivity index (χ0n) is 17.4. The number of aromatic nitrogens is 1. The highest BCUT2D eigenvalue weighted by Gasteiger charge is 2.23. The Bertz CT molecular complexity index is 1470. The molecule has 0 saturated carbocycles. The molecule has 0 unspecified atom stereocenters. The number of ether oxygens (including phenoxy) is 1. The summed E-state index contributed by atoms with van der Waals surface area (Å²) in [6, 6.07) is 9.36. The summed E-state index contributed by atoms with van der Waals surface area (Å²) in [5.41, 5.74) is 8.35. The van der Waals surface area contributed by atoms with Gasteiger partial charge in [0.25, 0.3) is 0 Å². The Morgan fingerprint density at radius 2 is 2.00 bits per heavy atom.